The number of ether oxygens (including phenoxy) is 4. The van der Waals surface area contributed by atoms with Gasteiger partial charge in [-0.2, -0.15) is 0 Å². The van der Waals surface area contributed by atoms with Crippen LogP contribution in [0.5, 0.6) is 0 Å². The fourth-order valence-electron chi connectivity index (χ4n) is 3.60. The Morgan fingerprint density at radius 3 is 2.18 bits per heavy atom. The summed E-state index contributed by atoms with van der Waals surface area (Å²) in [5, 5.41) is 17.7. The van der Waals surface area contributed by atoms with Crippen LogP contribution < -0.4 is 0 Å². The second-order valence-electron chi connectivity index (χ2n) is 7.58. The van der Waals surface area contributed by atoms with E-state index in [1.807, 2.05) is 11.8 Å². The number of aliphatic hydroxyl groups is 2. The molecule has 9 heteroatoms. The van der Waals surface area contributed by atoms with E-state index < -0.39 is 6.10 Å². The molecule has 0 aromatic carbocycles. The van der Waals surface area contributed by atoms with Crippen molar-refractivity contribution in [2.75, 3.05) is 52.8 Å². The Bertz CT molecular complexity index is 478. The Morgan fingerprint density at radius 2 is 1.56 bits per heavy atom. The fraction of sp³-hybridized carbons (Fsp3) is 0.920. The molecule has 0 spiro atoms. The average molecular weight is 498 g/mol. The number of hydrogen-bond donors (Lipinski definition) is 2. The summed E-state index contributed by atoms with van der Waals surface area (Å²) in [4.78, 5) is 25.9. The maximum atomic E-state index is 12.4. The molecule has 9 nitrogen and oxygen atoms in total. The maximum Gasteiger partial charge on any atom is 0.302 e. The summed E-state index contributed by atoms with van der Waals surface area (Å²) in [5.41, 5.74) is 0. The quantitative estimate of drug-likeness (QED) is 0.246. The van der Waals surface area contributed by atoms with Gasteiger partial charge in [0.2, 0.25) is 5.91 Å². The molecule has 0 radical (unpaired) electrons. The van der Waals surface area contributed by atoms with E-state index in [2.05, 4.69) is 0 Å². The van der Waals surface area contributed by atoms with Gasteiger partial charge in [0.05, 0.1) is 52.4 Å². The van der Waals surface area contributed by atoms with Gasteiger partial charge in [-0.1, -0.05) is 36.1 Å². The van der Waals surface area contributed by atoms with Gasteiger partial charge < -0.3 is 34.1 Å². The highest BCUT2D eigenvalue weighted by molar-refractivity contribution is 5.76. The van der Waals surface area contributed by atoms with Crippen LogP contribution in [-0.4, -0.2) is 98.0 Å². The second-order valence-corrected chi connectivity index (χ2v) is 7.58. The van der Waals surface area contributed by atoms with Crippen LogP contribution in [0.15, 0.2) is 0 Å². The van der Waals surface area contributed by atoms with Crippen LogP contribution in [0, 0.1) is 0 Å². The molecule has 1 aliphatic rings. The lowest BCUT2D eigenvalue weighted by atomic mass is 10.0. The lowest BCUT2D eigenvalue weighted by Crippen LogP contribution is -2.41. The van der Waals surface area contributed by atoms with Crippen LogP contribution in [0.4, 0.5) is 0 Å². The lowest BCUT2D eigenvalue weighted by Gasteiger charge is -2.32. The van der Waals surface area contributed by atoms with E-state index in [9.17, 15) is 9.59 Å². The molecular formula is C25H55NO8. The van der Waals surface area contributed by atoms with E-state index in [4.69, 9.17) is 29.2 Å². The molecule has 1 heterocycles. The number of rotatable bonds is 16. The monoisotopic (exact) mass is 497 g/mol. The van der Waals surface area contributed by atoms with Crippen LogP contribution in [0.2, 0.25) is 0 Å². The zero-order valence-electron chi connectivity index (χ0n) is 18.4. The number of nitrogens with zero attached hydrogens (tertiary/aromatic N) is 1. The average Bonchev–Trinajstić information content (AvgIpc) is 2.91. The van der Waals surface area contributed by atoms with Crippen molar-refractivity contribution in [1.29, 1.82) is 0 Å². The van der Waals surface area contributed by atoms with E-state index in [0.29, 0.717) is 32.5 Å². The SMILES string of the molecule is C.C.C.C.CC(=O)OC(CC(COCCO)OCCOCCO)CC(C)N1CCCCCC1=O. The van der Waals surface area contributed by atoms with Gasteiger partial charge in [-0.3, -0.25) is 9.59 Å². The first kappa shape index (κ1) is 39.9. The molecule has 1 saturated heterocycles. The number of amides is 1. The number of hydrogen-bond acceptors (Lipinski definition) is 8. The number of esters is 1. The Kier molecular flexibility index (Phi) is 29.2. The summed E-state index contributed by atoms with van der Waals surface area (Å²) < 4.78 is 22.0. The fourth-order valence-corrected chi connectivity index (χ4v) is 3.60. The van der Waals surface area contributed by atoms with Gasteiger partial charge in [0.25, 0.3) is 0 Å². The minimum absolute atomic E-state index is 0. The van der Waals surface area contributed by atoms with E-state index >= 15 is 0 Å². The van der Waals surface area contributed by atoms with Crippen molar-refractivity contribution in [3.63, 3.8) is 0 Å². The Hall–Kier alpha value is -1.26. The van der Waals surface area contributed by atoms with Crippen molar-refractivity contribution in [2.24, 2.45) is 0 Å². The number of likely N-dealkylation sites (tertiary alicyclic amines) is 1. The van der Waals surface area contributed by atoms with Gasteiger partial charge >= 0.3 is 5.97 Å². The summed E-state index contributed by atoms with van der Waals surface area (Å²) in [6.07, 6.45) is 3.69. The zero-order chi connectivity index (χ0) is 22.2. The van der Waals surface area contributed by atoms with Gasteiger partial charge in [0.15, 0.2) is 0 Å². The van der Waals surface area contributed by atoms with Gasteiger partial charge in [-0.25, -0.2) is 0 Å². The van der Waals surface area contributed by atoms with E-state index in [0.717, 1.165) is 25.8 Å². The number of carbonyl (C=O) groups is 2. The minimum atomic E-state index is -0.422. The summed E-state index contributed by atoms with van der Waals surface area (Å²) in [7, 11) is 0. The largest absolute Gasteiger partial charge is 0.462 e. The number of aliphatic hydroxyl groups excluding tert-OH is 2. The van der Waals surface area contributed by atoms with Gasteiger partial charge in [0, 0.05) is 38.8 Å². The van der Waals surface area contributed by atoms with Crippen LogP contribution in [0.1, 0.15) is 82.1 Å². The van der Waals surface area contributed by atoms with Gasteiger partial charge in [-0.05, 0) is 19.8 Å². The first-order valence-corrected chi connectivity index (χ1v) is 10.9. The third-order valence-corrected chi connectivity index (χ3v) is 4.96. The molecular weight excluding hydrogens is 442 g/mol. The summed E-state index contributed by atoms with van der Waals surface area (Å²) in [6.45, 7) is 5.26. The van der Waals surface area contributed by atoms with Crippen molar-refractivity contribution >= 4 is 11.9 Å². The molecule has 3 unspecified atom stereocenters. The van der Waals surface area contributed by atoms with Crippen LogP contribution in [-0.2, 0) is 28.5 Å². The molecule has 1 rings (SSSR count). The molecule has 208 valence electrons. The Balaban J connectivity index is -0.00000112. The molecule has 0 bridgehead atoms. The van der Waals surface area contributed by atoms with Crippen LogP contribution >= 0.6 is 0 Å². The molecule has 3 atom stereocenters. The van der Waals surface area contributed by atoms with Crippen molar-refractivity contribution in [3.8, 4) is 0 Å². The summed E-state index contributed by atoms with van der Waals surface area (Å²) in [6, 6.07) is -0.0492. The van der Waals surface area contributed by atoms with Crippen molar-refractivity contribution in [2.45, 2.75) is 100 Å². The molecule has 34 heavy (non-hydrogen) atoms. The summed E-state index contributed by atoms with van der Waals surface area (Å²) >= 11 is 0. The predicted molar refractivity (Wildman–Crippen MR) is 137 cm³/mol. The first-order chi connectivity index (χ1) is 14.5. The van der Waals surface area contributed by atoms with Crippen molar-refractivity contribution in [1.82, 2.24) is 4.90 Å². The minimum Gasteiger partial charge on any atom is -0.462 e. The molecule has 2 N–H and O–H groups in total. The second kappa shape index (κ2) is 24.9. The van der Waals surface area contributed by atoms with Crippen molar-refractivity contribution < 1.29 is 38.7 Å². The Labute approximate surface area is 209 Å². The highest BCUT2D eigenvalue weighted by Gasteiger charge is 2.27. The third kappa shape index (κ3) is 18.1. The highest BCUT2D eigenvalue weighted by Crippen LogP contribution is 2.20. The maximum absolute atomic E-state index is 12.4. The zero-order valence-corrected chi connectivity index (χ0v) is 18.4. The van der Waals surface area contributed by atoms with Gasteiger partial charge in [0.1, 0.15) is 6.10 Å². The molecule has 1 amide bonds. The van der Waals surface area contributed by atoms with Gasteiger partial charge in [-0.15, -0.1) is 0 Å². The molecule has 0 aliphatic carbocycles. The third-order valence-electron chi connectivity index (χ3n) is 4.96. The van der Waals surface area contributed by atoms with E-state index in [1.165, 1.54) is 6.92 Å². The summed E-state index contributed by atoms with van der Waals surface area (Å²) in [5.74, 6) is -0.225. The molecule has 0 aromatic heterocycles. The van der Waals surface area contributed by atoms with Crippen LogP contribution in [0.25, 0.3) is 0 Å². The smallest absolute Gasteiger partial charge is 0.302 e. The van der Waals surface area contributed by atoms with Crippen LogP contribution in [0.3, 0.4) is 0 Å². The number of carbonyl (C=O) groups excluding carboxylic acids is 2. The molecule has 0 saturated carbocycles. The lowest BCUT2D eigenvalue weighted by molar-refractivity contribution is -0.150. The normalized spacial score (nSPS) is 15.9. The molecule has 1 fully saturated rings. The molecule has 0 aromatic rings. The van der Waals surface area contributed by atoms with E-state index in [1.54, 1.807) is 0 Å². The topological polar surface area (TPSA) is 115 Å². The Morgan fingerprint density at radius 1 is 0.912 bits per heavy atom. The van der Waals surface area contributed by atoms with Crippen molar-refractivity contribution in [3.05, 3.63) is 0 Å². The first-order valence-electron chi connectivity index (χ1n) is 10.9. The molecule has 1 aliphatic heterocycles. The predicted octanol–water partition coefficient (Wildman–Crippen LogP) is 3.44. The van der Waals surface area contributed by atoms with E-state index in [-0.39, 0.29) is 86.8 Å². The standard InChI is InChI=1S/C21H39NO8.4CH4/c1-17(22-7-5-3-4-6-21(22)26)14-19(30-18(2)25)15-20(16-28-11-9-24)29-13-12-27-10-8-23;;;;/h17,19-20,23-24H,3-16H2,1-2H3;4*1H4. The highest BCUT2D eigenvalue weighted by atomic mass is 16.6.